The van der Waals surface area contributed by atoms with Crippen LogP contribution in [0, 0.1) is 11.6 Å². The van der Waals surface area contributed by atoms with Crippen molar-refractivity contribution in [1.29, 1.82) is 0 Å². The number of ether oxygens (including phenoxy) is 1. The van der Waals surface area contributed by atoms with Gasteiger partial charge < -0.3 is 10.1 Å². The van der Waals surface area contributed by atoms with Gasteiger partial charge in [0.15, 0.2) is 0 Å². The number of hydrogen-bond acceptors (Lipinski definition) is 3. The zero-order valence-corrected chi connectivity index (χ0v) is 14.6. The van der Waals surface area contributed by atoms with Crippen LogP contribution in [0.5, 0.6) is 5.75 Å². The Morgan fingerprint density at radius 2 is 2.00 bits per heavy atom. The number of benzene rings is 2. The molecule has 0 radical (unpaired) electrons. The van der Waals surface area contributed by atoms with Crippen LogP contribution in [0.3, 0.4) is 0 Å². The SMILES string of the molecule is COc1cccc(CN(C)CC(=O)N[C@@H](C)c2ccc(F)cc2F)c1. The zero-order chi connectivity index (χ0) is 18.4. The summed E-state index contributed by atoms with van der Waals surface area (Å²) in [4.78, 5) is 14.0. The summed E-state index contributed by atoms with van der Waals surface area (Å²) in [6.45, 7) is 2.39. The minimum Gasteiger partial charge on any atom is -0.497 e. The predicted octanol–water partition coefficient (Wildman–Crippen LogP) is 3.28. The summed E-state index contributed by atoms with van der Waals surface area (Å²) in [5.41, 5.74) is 1.28. The van der Waals surface area contributed by atoms with E-state index >= 15 is 0 Å². The Morgan fingerprint density at radius 1 is 1.24 bits per heavy atom. The normalized spacial score (nSPS) is 12.1. The second-order valence-corrected chi connectivity index (χ2v) is 5.98. The average molecular weight is 348 g/mol. The number of methoxy groups -OCH3 is 1. The van der Waals surface area contributed by atoms with E-state index in [1.165, 1.54) is 12.1 Å². The van der Waals surface area contributed by atoms with Gasteiger partial charge in [-0.3, -0.25) is 9.69 Å². The molecule has 6 heteroatoms. The van der Waals surface area contributed by atoms with Gasteiger partial charge in [0.05, 0.1) is 19.7 Å². The molecule has 0 aliphatic rings. The van der Waals surface area contributed by atoms with Gasteiger partial charge in [0.1, 0.15) is 17.4 Å². The highest BCUT2D eigenvalue weighted by Gasteiger charge is 2.15. The van der Waals surface area contributed by atoms with Gasteiger partial charge in [-0.15, -0.1) is 0 Å². The highest BCUT2D eigenvalue weighted by Crippen LogP contribution is 2.18. The molecule has 1 N–H and O–H groups in total. The lowest BCUT2D eigenvalue weighted by Gasteiger charge is -2.20. The third-order valence-electron chi connectivity index (χ3n) is 3.81. The maximum absolute atomic E-state index is 13.8. The minimum absolute atomic E-state index is 0.157. The smallest absolute Gasteiger partial charge is 0.234 e. The number of likely N-dealkylation sites (N-methyl/N-ethyl adjacent to an activating group) is 1. The van der Waals surface area contributed by atoms with Crippen LogP contribution in [0.15, 0.2) is 42.5 Å². The molecule has 1 amide bonds. The summed E-state index contributed by atoms with van der Waals surface area (Å²) in [6.07, 6.45) is 0. The molecule has 0 spiro atoms. The fourth-order valence-corrected chi connectivity index (χ4v) is 2.60. The van der Waals surface area contributed by atoms with Gasteiger partial charge in [0, 0.05) is 18.2 Å². The van der Waals surface area contributed by atoms with E-state index in [1.807, 2.05) is 36.2 Å². The zero-order valence-electron chi connectivity index (χ0n) is 14.6. The Morgan fingerprint density at radius 3 is 2.68 bits per heavy atom. The van der Waals surface area contributed by atoms with Gasteiger partial charge in [-0.25, -0.2) is 8.78 Å². The number of amides is 1. The average Bonchev–Trinajstić information content (AvgIpc) is 2.54. The lowest BCUT2D eigenvalue weighted by atomic mass is 10.1. The fourth-order valence-electron chi connectivity index (χ4n) is 2.60. The van der Waals surface area contributed by atoms with E-state index < -0.39 is 17.7 Å². The Balaban J connectivity index is 1.90. The summed E-state index contributed by atoms with van der Waals surface area (Å²) >= 11 is 0. The Bertz CT molecular complexity index is 737. The second kappa shape index (κ2) is 8.58. The molecule has 25 heavy (non-hydrogen) atoms. The molecule has 0 aliphatic heterocycles. The largest absolute Gasteiger partial charge is 0.497 e. The number of rotatable bonds is 7. The molecule has 0 aliphatic carbocycles. The molecule has 134 valence electrons. The number of carbonyl (C=O) groups excluding carboxylic acids is 1. The van der Waals surface area contributed by atoms with Gasteiger partial charge in [-0.1, -0.05) is 18.2 Å². The molecule has 4 nitrogen and oxygen atoms in total. The van der Waals surface area contributed by atoms with Crippen molar-refractivity contribution in [3.05, 3.63) is 65.2 Å². The molecule has 2 aromatic carbocycles. The third-order valence-corrected chi connectivity index (χ3v) is 3.81. The minimum atomic E-state index is -0.669. The van der Waals surface area contributed by atoms with Crippen LogP contribution in [0.4, 0.5) is 8.78 Å². The van der Waals surface area contributed by atoms with Crippen LogP contribution in [0.25, 0.3) is 0 Å². The van der Waals surface area contributed by atoms with Crippen molar-refractivity contribution < 1.29 is 18.3 Å². The van der Waals surface area contributed by atoms with Crippen molar-refractivity contribution in [1.82, 2.24) is 10.2 Å². The van der Waals surface area contributed by atoms with Gasteiger partial charge in [0.2, 0.25) is 5.91 Å². The van der Waals surface area contributed by atoms with Crippen molar-refractivity contribution >= 4 is 5.91 Å². The Hall–Kier alpha value is -2.47. The molecule has 0 fully saturated rings. The predicted molar refractivity (Wildman–Crippen MR) is 92.2 cm³/mol. The summed E-state index contributed by atoms with van der Waals surface area (Å²) in [5.74, 6) is -0.785. The molecule has 0 heterocycles. The molecule has 2 aromatic rings. The van der Waals surface area contributed by atoms with Gasteiger partial charge >= 0.3 is 0 Å². The van der Waals surface area contributed by atoms with Crippen LogP contribution in [0.1, 0.15) is 24.1 Å². The number of halogens is 2. The molecule has 0 bridgehead atoms. The van der Waals surface area contributed by atoms with Crippen molar-refractivity contribution in [2.75, 3.05) is 20.7 Å². The van der Waals surface area contributed by atoms with Gasteiger partial charge in [0.25, 0.3) is 0 Å². The molecule has 2 rings (SSSR count). The molecule has 0 unspecified atom stereocenters. The molecular weight excluding hydrogens is 326 g/mol. The fraction of sp³-hybridized carbons (Fsp3) is 0.316. The summed E-state index contributed by atoms with van der Waals surface area (Å²) in [6, 6.07) is 10.4. The first kappa shape index (κ1) is 18.9. The highest BCUT2D eigenvalue weighted by molar-refractivity contribution is 5.78. The maximum atomic E-state index is 13.8. The van der Waals surface area contributed by atoms with E-state index in [0.717, 1.165) is 17.4 Å². The van der Waals surface area contributed by atoms with E-state index in [9.17, 15) is 13.6 Å². The topological polar surface area (TPSA) is 41.6 Å². The lowest BCUT2D eigenvalue weighted by molar-refractivity contribution is -0.122. The molecule has 0 saturated carbocycles. The van der Waals surface area contributed by atoms with E-state index in [-0.39, 0.29) is 18.0 Å². The van der Waals surface area contributed by atoms with Crippen LogP contribution < -0.4 is 10.1 Å². The molecule has 0 saturated heterocycles. The molecular formula is C19H22F2N2O2. The first-order chi connectivity index (χ1) is 11.9. The van der Waals surface area contributed by atoms with E-state index in [4.69, 9.17) is 4.74 Å². The number of nitrogens with zero attached hydrogens (tertiary/aromatic N) is 1. The first-order valence-electron chi connectivity index (χ1n) is 7.95. The monoisotopic (exact) mass is 348 g/mol. The van der Waals surface area contributed by atoms with Crippen LogP contribution >= 0.6 is 0 Å². The number of hydrogen-bond donors (Lipinski definition) is 1. The van der Waals surface area contributed by atoms with Crippen molar-refractivity contribution in [3.8, 4) is 5.75 Å². The number of nitrogens with one attached hydrogen (secondary N) is 1. The summed E-state index contributed by atoms with van der Waals surface area (Å²) in [5, 5.41) is 2.73. The van der Waals surface area contributed by atoms with E-state index in [2.05, 4.69) is 5.32 Å². The highest BCUT2D eigenvalue weighted by atomic mass is 19.1. The van der Waals surface area contributed by atoms with Crippen LogP contribution in [-0.4, -0.2) is 31.5 Å². The van der Waals surface area contributed by atoms with E-state index in [1.54, 1.807) is 14.0 Å². The van der Waals surface area contributed by atoms with Crippen molar-refractivity contribution in [2.45, 2.75) is 19.5 Å². The van der Waals surface area contributed by atoms with Crippen LogP contribution in [0.2, 0.25) is 0 Å². The Labute approximate surface area is 146 Å². The number of carbonyl (C=O) groups is 1. The van der Waals surface area contributed by atoms with Gasteiger partial charge in [-0.2, -0.15) is 0 Å². The lowest BCUT2D eigenvalue weighted by Crippen LogP contribution is -2.36. The Kier molecular flexibility index (Phi) is 6.47. The van der Waals surface area contributed by atoms with E-state index in [0.29, 0.717) is 6.54 Å². The maximum Gasteiger partial charge on any atom is 0.234 e. The first-order valence-corrected chi connectivity index (χ1v) is 7.95. The second-order valence-electron chi connectivity index (χ2n) is 5.98. The van der Waals surface area contributed by atoms with Gasteiger partial charge in [-0.05, 0) is 37.7 Å². The van der Waals surface area contributed by atoms with Crippen molar-refractivity contribution in [3.63, 3.8) is 0 Å². The van der Waals surface area contributed by atoms with Crippen LogP contribution in [-0.2, 0) is 11.3 Å². The summed E-state index contributed by atoms with van der Waals surface area (Å²) < 4.78 is 31.9. The quantitative estimate of drug-likeness (QED) is 0.835. The third kappa shape index (κ3) is 5.53. The standard InChI is InChI=1S/C19H22F2N2O2/c1-13(17-8-7-15(20)10-18(17)21)22-19(24)12-23(2)11-14-5-4-6-16(9-14)25-3/h4-10,13H,11-12H2,1-3H3,(H,22,24)/t13-/m0/s1. The summed E-state index contributed by atoms with van der Waals surface area (Å²) in [7, 11) is 3.43. The molecule has 0 aromatic heterocycles. The van der Waals surface area contributed by atoms with Crippen molar-refractivity contribution in [2.24, 2.45) is 0 Å². The molecule has 1 atom stereocenters.